The Kier molecular flexibility index (Phi) is 6.20. The molecular formula is C23H24FN3OS. The van der Waals surface area contributed by atoms with Crippen LogP contribution in [-0.4, -0.2) is 42.0 Å². The molecule has 0 unspecified atom stereocenters. The average molecular weight is 410 g/mol. The monoisotopic (exact) mass is 409 g/mol. The lowest BCUT2D eigenvalue weighted by atomic mass is 10.1. The Morgan fingerprint density at radius 3 is 2.55 bits per heavy atom. The number of aryl methyl sites for hydroxylation is 2. The molecule has 6 heteroatoms. The molecule has 0 radical (unpaired) electrons. The van der Waals surface area contributed by atoms with Gasteiger partial charge in [0.2, 0.25) is 0 Å². The summed E-state index contributed by atoms with van der Waals surface area (Å²) in [7, 11) is 0. The Morgan fingerprint density at radius 1 is 0.966 bits per heavy atom. The second kappa shape index (κ2) is 9.18. The number of thiazole rings is 1. The van der Waals surface area contributed by atoms with Crippen molar-refractivity contribution in [1.82, 2.24) is 9.88 Å². The second-order valence-corrected chi connectivity index (χ2v) is 8.16. The van der Waals surface area contributed by atoms with Crippen LogP contribution in [0.4, 0.5) is 10.1 Å². The molecule has 29 heavy (non-hydrogen) atoms. The molecule has 4 rings (SSSR count). The molecule has 1 saturated heterocycles. The number of carbonyl (C=O) groups excluding carboxylic acids is 1. The third kappa shape index (κ3) is 5.01. The fourth-order valence-electron chi connectivity index (χ4n) is 3.61. The van der Waals surface area contributed by atoms with E-state index < -0.39 is 0 Å². The molecule has 0 saturated carbocycles. The Morgan fingerprint density at radius 2 is 1.76 bits per heavy atom. The maximum Gasteiger partial charge on any atom is 0.273 e. The molecule has 0 bridgehead atoms. The average Bonchev–Trinajstić information content (AvgIpc) is 3.09. The smallest absolute Gasteiger partial charge is 0.273 e. The topological polar surface area (TPSA) is 36.4 Å². The Hall–Kier alpha value is -2.73. The number of rotatable bonds is 5. The lowest BCUT2D eigenvalue weighted by Crippen LogP contribution is -2.35. The summed E-state index contributed by atoms with van der Waals surface area (Å²) in [6.07, 6.45) is 2.66. The second-order valence-electron chi connectivity index (χ2n) is 7.22. The van der Waals surface area contributed by atoms with E-state index in [1.165, 1.54) is 17.7 Å². The van der Waals surface area contributed by atoms with Crippen LogP contribution in [0.2, 0.25) is 0 Å². The minimum Gasteiger partial charge on any atom is -0.370 e. The summed E-state index contributed by atoms with van der Waals surface area (Å²) in [6.45, 7) is 2.96. The van der Waals surface area contributed by atoms with Crippen molar-refractivity contribution in [2.45, 2.75) is 19.3 Å². The van der Waals surface area contributed by atoms with E-state index in [9.17, 15) is 9.18 Å². The fraction of sp³-hybridized carbons (Fsp3) is 0.304. The molecule has 1 amide bonds. The summed E-state index contributed by atoms with van der Waals surface area (Å²) in [6, 6.07) is 16.9. The first kappa shape index (κ1) is 19.6. The van der Waals surface area contributed by atoms with E-state index in [1.807, 2.05) is 28.5 Å². The van der Waals surface area contributed by atoms with Crippen LogP contribution in [-0.2, 0) is 12.8 Å². The van der Waals surface area contributed by atoms with Gasteiger partial charge in [-0.2, -0.15) is 0 Å². The zero-order chi connectivity index (χ0) is 20.1. The maximum atomic E-state index is 13.2. The molecule has 0 N–H and O–H groups in total. The first-order valence-electron chi connectivity index (χ1n) is 9.97. The Bertz CT molecular complexity index is 942. The van der Waals surface area contributed by atoms with Gasteiger partial charge in [-0.05, 0) is 42.7 Å². The number of hydrogen-bond donors (Lipinski definition) is 0. The molecule has 0 spiro atoms. The van der Waals surface area contributed by atoms with Gasteiger partial charge in [-0.3, -0.25) is 4.79 Å². The van der Waals surface area contributed by atoms with E-state index in [-0.39, 0.29) is 11.7 Å². The van der Waals surface area contributed by atoms with Gasteiger partial charge in [-0.25, -0.2) is 9.37 Å². The number of carbonyl (C=O) groups is 1. The van der Waals surface area contributed by atoms with Gasteiger partial charge < -0.3 is 9.80 Å². The molecular weight excluding hydrogens is 385 g/mol. The number of hydrogen-bond acceptors (Lipinski definition) is 4. The van der Waals surface area contributed by atoms with E-state index >= 15 is 0 Å². The standard InChI is InChI=1S/C23H24FN3OS/c24-19-8-10-20(11-9-19)26-13-4-14-27(16-15-26)23(28)21-17-29-22(25-21)12-7-18-5-2-1-3-6-18/h1-3,5-6,8-11,17H,4,7,12-16H2. The van der Waals surface area contributed by atoms with Gasteiger partial charge in [0.1, 0.15) is 11.5 Å². The number of nitrogens with zero attached hydrogens (tertiary/aromatic N) is 3. The lowest BCUT2D eigenvalue weighted by molar-refractivity contribution is 0.0761. The Balaban J connectivity index is 1.34. The molecule has 3 aromatic rings. The SMILES string of the molecule is O=C(c1csc(CCc2ccccc2)n1)N1CCCN(c2ccc(F)cc2)CC1. The summed E-state index contributed by atoms with van der Waals surface area (Å²) >= 11 is 1.56. The van der Waals surface area contributed by atoms with Crippen LogP contribution >= 0.6 is 11.3 Å². The van der Waals surface area contributed by atoms with Crippen LogP contribution < -0.4 is 4.90 Å². The van der Waals surface area contributed by atoms with Crippen molar-refractivity contribution in [1.29, 1.82) is 0 Å². The highest BCUT2D eigenvalue weighted by atomic mass is 32.1. The summed E-state index contributed by atoms with van der Waals surface area (Å²) in [4.78, 5) is 21.6. The third-order valence-electron chi connectivity index (χ3n) is 5.22. The van der Waals surface area contributed by atoms with Gasteiger partial charge in [-0.15, -0.1) is 11.3 Å². The van der Waals surface area contributed by atoms with Crippen LogP contribution in [0.3, 0.4) is 0 Å². The quantitative estimate of drug-likeness (QED) is 0.626. The van der Waals surface area contributed by atoms with Crippen molar-refractivity contribution in [3.05, 3.63) is 82.1 Å². The number of benzene rings is 2. The maximum absolute atomic E-state index is 13.2. The highest BCUT2D eigenvalue weighted by Crippen LogP contribution is 2.19. The predicted molar refractivity (Wildman–Crippen MR) is 115 cm³/mol. The van der Waals surface area contributed by atoms with E-state index in [4.69, 9.17) is 0 Å². The van der Waals surface area contributed by atoms with Crippen LogP contribution in [0.1, 0.15) is 27.5 Å². The summed E-state index contributed by atoms with van der Waals surface area (Å²) in [5, 5.41) is 2.88. The molecule has 1 aliphatic heterocycles. The fourth-order valence-corrected chi connectivity index (χ4v) is 4.38. The number of halogens is 1. The van der Waals surface area contributed by atoms with Gasteiger partial charge in [-0.1, -0.05) is 30.3 Å². The van der Waals surface area contributed by atoms with Gasteiger partial charge in [0.25, 0.3) is 5.91 Å². The van der Waals surface area contributed by atoms with E-state index in [1.54, 1.807) is 23.5 Å². The van der Waals surface area contributed by atoms with Gasteiger partial charge in [0.15, 0.2) is 0 Å². The van der Waals surface area contributed by atoms with Crippen LogP contribution in [0.15, 0.2) is 60.0 Å². The zero-order valence-corrected chi connectivity index (χ0v) is 17.1. The predicted octanol–water partition coefficient (Wildman–Crippen LogP) is 4.42. The van der Waals surface area contributed by atoms with Gasteiger partial charge in [0, 0.05) is 43.7 Å². The van der Waals surface area contributed by atoms with E-state index in [2.05, 4.69) is 22.0 Å². The van der Waals surface area contributed by atoms with Crippen molar-refractivity contribution < 1.29 is 9.18 Å². The third-order valence-corrected chi connectivity index (χ3v) is 6.12. The van der Waals surface area contributed by atoms with Crippen LogP contribution in [0, 0.1) is 5.82 Å². The first-order chi connectivity index (χ1) is 14.2. The molecule has 1 aliphatic rings. The molecule has 1 fully saturated rings. The number of anilines is 1. The summed E-state index contributed by atoms with van der Waals surface area (Å²) in [5.74, 6) is -0.222. The lowest BCUT2D eigenvalue weighted by Gasteiger charge is -2.23. The minimum absolute atomic E-state index is 0.00756. The molecule has 2 aromatic carbocycles. The normalized spacial score (nSPS) is 14.7. The van der Waals surface area contributed by atoms with Crippen molar-refractivity contribution in [2.24, 2.45) is 0 Å². The van der Waals surface area contributed by atoms with Crippen LogP contribution in [0.5, 0.6) is 0 Å². The van der Waals surface area contributed by atoms with Crippen molar-refractivity contribution in [3.63, 3.8) is 0 Å². The highest BCUT2D eigenvalue weighted by Gasteiger charge is 2.22. The van der Waals surface area contributed by atoms with Gasteiger partial charge in [0.05, 0.1) is 5.01 Å². The molecule has 1 aromatic heterocycles. The summed E-state index contributed by atoms with van der Waals surface area (Å²) in [5.41, 5.74) is 2.83. The first-order valence-corrected chi connectivity index (χ1v) is 10.8. The van der Waals surface area contributed by atoms with Crippen molar-refractivity contribution >= 4 is 22.9 Å². The Labute approximate surface area is 174 Å². The van der Waals surface area contributed by atoms with Crippen molar-refractivity contribution in [2.75, 3.05) is 31.1 Å². The van der Waals surface area contributed by atoms with E-state index in [0.717, 1.165) is 43.0 Å². The number of aromatic nitrogens is 1. The van der Waals surface area contributed by atoms with Gasteiger partial charge >= 0.3 is 0 Å². The highest BCUT2D eigenvalue weighted by molar-refractivity contribution is 7.09. The number of amides is 1. The summed E-state index contributed by atoms with van der Waals surface area (Å²) < 4.78 is 13.2. The largest absolute Gasteiger partial charge is 0.370 e. The molecule has 0 atom stereocenters. The van der Waals surface area contributed by atoms with Crippen molar-refractivity contribution in [3.8, 4) is 0 Å². The molecule has 4 nitrogen and oxygen atoms in total. The molecule has 2 heterocycles. The van der Waals surface area contributed by atoms with E-state index in [0.29, 0.717) is 18.8 Å². The van der Waals surface area contributed by atoms with Crippen LogP contribution in [0.25, 0.3) is 0 Å². The minimum atomic E-state index is -0.230. The molecule has 0 aliphatic carbocycles. The molecule has 150 valence electrons. The zero-order valence-electron chi connectivity index (χ0n) is 16.3.